The van der Waals surface area contributed by atoms with Gasteiger partial charge in [-0.15, -0.1) is 0 Å². The van der Waals surface area contributed by atoms with Gasteiger partial charge in [0.15, 0.2) is 11.5 Å². The molecule has 0 radical (unpaired) electrons. The van der Waals surface area contributed by atoms with Crippen LogP contribution in [0, 0.1) is 0 Å². The molecule has 5 nitrogen and oxygen atoms in total. The van der Waals surface area contributed by atoms with Crippen molar-refractivity contribution in [1.29, 1.82) is 0 Å². The molecule has 23 heavy (non-hydrogen) atoms. The molecule has 2 heterocycles. The van der Waals surface area contributed by atoms with E-state index in [1.54, 1.807) is 20.5 Å². The Morgan fingerprint density at radius 1 is 1.09 bits per heavy atom. The highest BCUT2D eigenvalue weighted by atomic mass is 16.5. The van der Waals surface area contributed by atoms with E-state index in [-0.39, 0.29) is 6.04 Å². The van der Waals surface area contributed by atoms with Crippen LogP contribution in [0.4, 0.5) is 0 Å². The van der Waals surface area contributed by atoms with Crippen LogP contribution in [0.15, 0.2) is 41.0 Å². The van der Waals surface area contributed by atoms with Crippen molar-refractivity contribution in [3.8, 4) is 11.5 Å². The first-order valence-corrected chi connectivity index (χ1v) is 8.04. The Kier molecular flexibility index (Phi) is 5.20. The Balaban J connectivity index is 2.05. The van der Waals surface area contributed by atoms with E-state index in [0.717, 1.165) is 55.4 Å². The van der Waals surface area contributed by atoms with Crippen LogP contribution >= 0.6 is 0 Å². The first kappa shape index (κ1) is 15.9. The van der Waals surface area contributed by atoms with Crippen molar-refractivity contribution < 1.29 is 13.9 Å². The van der Waals surface area contributed by atoms with Gasteiger partial charge in [0.2, 0.25) is 0 Å². The maximum atomic E-state index is 5.76. The molecule has 1 aliphatic heterocycles. The average Bonchev–Trinajstić information content (AvgIpc) is 2.98. The highest BCUT2D eigenvalue weighted by Gasteiger charge is 2.29. The smallest absolute Gasteiger partial charge is 0.165 e. The van der Waals surface area contributed by atoms with Gasteiger partial charge >= 0.3 is 0 Å². The summed E-state index contributed by atoms with van der Waals surface area (Å²) in [5.41, 5.74) is 1.07. The van der Waals surface area contributed by atoms with Gasteiger partial charge in [-0.1, -0.05) is 12.1 Å². The predicted molar refractivity (Wildman–Crippen MR) is 89.2 cm³/mol. The molecule has 0 aliphatic carbocycles. The standard InChI is InChI=1S/C18H24N2O3/c1-21-16-7-3-6-14(18(16)22-2)17(15-8-4-13-23-15)20-11-5-9-19-10-12-20/h3-4,6-8,13,17,19H,5,9-12H2,1-2H3. The molecule has 0 saturated carbocycles. The monoisotopic (exact) mass is 316 g/mol. The van der Waals surface area contributed by atoms with E-state index in [9.17, 15) is 0 Å². The number of ether oxygens (including phenoxy) is 2. The van der Waals surface area contributed by atoms with Gasteiger partial charge in [0.05, 0.1) is 26.5 Å². The molecule has 3 rings (SSSR count). The SMILES string of the molecule is COc1cccc(C(c2ccco2)N2CCCNCC2)c1OC. The van der Waals surface area contributed by atoms with E-state index in [1.807, 2.05) is 24.3 Å². The van der Waals surface area contributed by atoms with Crippen LogP contribution in [0.1, 0.15) is 23.8 Å². The summed E-state index contributed by atoms with van der Waals surface area (Å²) in [5, 5.41) is 3.45. The Bertz CT molecular complexity index is 605. The lowest BCUT2D eigenvalue weighted by Crippen LogP contribution is -2.33. The van der Waals surface area contributed by atoms with Crippen LogP contribution in [-0.2, 0) is 0 Å². The Labute approximate surface area is 137 Å². The molecule has 124 valence electrons. The number of nitrogens with zero attached hydrogens (tertiary/aromatic N) is 1. The van der Waals surface area contributed by atoms with Crippen molar-refractivity contribution in [2.75, 3.05) is 40.4 Å². The molecule has 1 fully saturated rings. The van der Waals surface area contributed by atoms with E-state index >= 15 is 0 Å². The van der Waals surface area contributed by atoms with Crippen molar-refractivity contribution in [3.05, 3.63) is 47.9 Å². The van der Waals surface area contributed by atoms with Crippen LogP contribution < -0.4 is 14.8 Å². The van der Waals surface area contributed by atoms with E-state index in [0.29, 0.717) is 0 Å². The molecule has 0 amide bonds. The zero-order valence-electron chi connectivity index (χ0n) is 13.7. The summed E-state index contributed by atoms with van der Waals surface area (Å²) in [6, 6.07) is 10.0. The maximum absolute atomic E-state index is 5.76. The van der Waals surface area contributed by atoms with Crippen LogP contribution in [-0.4, -0.2) is 45.3 Å². The van der Waals surface area contributed by atoms with Crippen molar-refractivity contribution in [2.45, 2.75) is 12.5 Å². The van der Waals surface area contributed by atoms with Gasteiger partial charge < -0.3 is 19.2 Å². The lowest BCUT2D eigenvalue weighted by molar-refractivity contribution is 0.210. The van der Waals surface area contributed by atoms with E-state index < -0.39 is 0 Å². The molecule has 5 heteroatoms. The summed E-state index contributed by atoms with van der Waals surface area (Å²) in [6.45, 7) is 4.00. The number of benzene rings is 1. The molecule has 1 N–H and O–H groups in total. The third kappa shape index (κ3) is 3.35. The zero-order valence-corrected chi connectivity index (χ0v) is 13.7. The second-order valence-corrected chi connectivity index (χ2v) is 5.64. The summed E-state index contributed by atoms with van der Waals surface area (Å²) >= 11 is 0. The third-order valence-corrected chi connectivity index (χ3v) is 4.28. The highest BCUT2D eigenvalue weighted by Crippen LogP contribution is 2.40. The van der Waals surface area contributed by atoms with Crippen molar-refractivity contribution in [1.82, 2.24) is 10.2 Å². The minimum absolute atomic E-state index is 0.0231. The van der Waals surface area contributed by atoms with Gasteiger partial charge in [-0.3, -0.25) is 4.90 Å². The molecule has 1 aliphatic rings. The Morgan fingerprint density at radius 2 is 2.00 bits per heavy atom. The average molecular weight is 316 g/mol. The van der Waals surface area contributed by atoms with Crippen molar-refractivity contribution >= 4 is 0 Å². The number of para-hydroxylation sites is 1. The fourth-order valence-corrected chi connectivity index (χ4v) is 3.23. The molecule has 1 atom stereocenters. The van der Waals surface area contributed by atoms with Crippen LogP contribution in [0.25, 0.3) is 0 Å². The Morgan fingerprint density at radius 3 is 2.74 bits per heavy atom. The van der Waals surface area contributed by atoms with Gasteiger partial charge in [-0.25, -0.2) is 0 Å². The van der Waals surface area contributed by atoms with Crippen LogP contribution in [0.3, 0.4) is 0 Å². The largest absolute Gasteiger partial charge is 0.493 e. The number of hydrogen-bond donors (Lipinski definition) is 1. The molecule has 0 bridgehead atoms. The lowest BCUT2D eigenvalue weighted by Gasteiger charge is -2.30. The van der Waals surface area contributed by atoms with Gasteiger partial charge in [0, 0.05) is 25.2 Å². The number of hydrogen-bond acceptors (Lipinski definition) is 5. The minimum Gasteiger partial charge on any atom is -0.493 e. The first-order valence-electron chi connectivity index (χ1n) is 8.04. The zero-order chi connectivity index (χ0) is 16.1. The van der Waals surface area contributed by atoms with Gasteiger partial charge in [0.25, 0.3) is 0 Å². The lowest BCUT2D eigenvalue weighted by atomic mass is 10.0. The Hall–Kier alpha value is -1.98. The van der Waals surface area contributed by atoms with Crippen molar-refractivity contribution in [2.24, 2.45) is 0 Å². The summed E-state index contributed by atoms with van der Waals surface area (Å²) < 4.78 is 16.9. The van der Waals surface area contributed by atoms with E-state index in [2.05, 4.69) is 16.3 Å². The molecule has 2 aromatic rings. The quantitative estimate of drug-likeness (QED) is 0.919. The number of furan rings is 1. The van der Waals surface area contributed by atoms with Crippen LogP contribution in [0.5, 0.6) is 11.5 Å². The minimum atomic E-state index is 0.0231. The third-order valence-electron chi connectivity index (χ3n) is 4.28. The second kappa shape index (κ2) is 7.53. The summed E-state index contributed by atoms with van der Waals surface area (Å²) in [5.74, 6) is 2.45. The molecule has 0 spiro atoms. The fourth-order valence-electron chi connectivity index (χ4n) is 3.23. The topological polar surface area (TPSA) is 46.9 Å². The summed E-state index contributed by atoms with van der Waals surface area (Å²) in [6.07, 6.45) is 2.84. The number of methoxy groups -OCH3 is 2. The van der Waals surface area contributed by atoms with E-state index in [1.165, 1.54) is 0 Å². The number of nitrogens with one attached hydrogen (secondary N) is 1. The fraction of sp³-hybridized carbons (Fsp3) is 0.444. The van der Waals surface area contributed by atoms with Gasteiger partial charge in [-0.05, 0) is 31.2 Å². The van der Waals surface area contributed by atoms with Gasteiger partial charge in [-0.2, -0.15) is 0 Å². The highest BCUT2D eigenvalue weighted by molar-refractivity contribution is 5.49. The van der Waals surface area contributed by atoms with Crippen molar-refractivity contribution in [3.63, 3.8) is 0 Å². The molecular formula is C18H24N2O3. The summed E-state index contributed by atoms with van der Waals surface area (Å²) in [7, 11) is 3.35. The van der Waals surface area contributed by atoms with E-state index in [4.69, 9.17) is 13.9 Å². The summed E-state index contributed by atoms with van der Waals surface area (Å²) in [4.78, 5) is 2.44. The molecule has 1 aromatic heterocycles. The first-order chi connectivity index (χ1) is 11.3. The molecular weight excluding hydrogens is 292 g/mol. The molecule has 1 saturated heterocycles. The number of rotatable bonds is 5. The molecule has 1 aromatic carbocycles. The molecule has 1 unspecified atom stereocenters. The second-order valence-electron chi connectivity index (χ2n) is 5.64. The normalized spacial score (nSPS) is 17.5. The van der Waals surface area contributed by atoms with Crippen LogP contribution in [0.2, 0.25) is 0 Å². The van der Waals surface area contributed by atoms with Gasteiger partial charge in [0.1, 0.15) is 5.76 Å². The maximum Gasteiger partial charge on any atom is 0.165 e. The predicted octanol–water partition coefficient (Wildman–Crippen LogP) is 2.68.